The van der Waals surface area contributed by atoms with E-state index in [1.165, 1.54) is 0 Å². The normalized spacial score (nSPS) is 11.2. The molecule has 0 aliphatic carbocycles. The van der Waals surface area contributed by atoms with Gasteiger partial charge in [0.2, 0.25) is 5.76 Å². The van der Waals surface area contributed by atoms with Gasteiger partial charge in [-0.3, -0.25) is 0 Å². The topological polar surface area (TPSA) is 76.5 Å². The van der Waals surface area contributed by atoms with Crippen molar-refractivity contribution >= 4 is 5.97 Å². The predicted molar refractivity (Wildman–Crippen MR) is 69.1 cm³/mol. The van der Waals surface area contributed by atoms with Crippen molar-refractivity contribution in [1.29, 1.82) is 0 Å². The molecule has 0 unspecified atom stereocenters. The Morgan fingerprint density at radius 1 is 1.37 bits per heavy atom. The first kappa shape index (κ1) is 13.4. The van der Waals surface area contributed by atoms with E-state index in [1.807, 2.05) is 26.8 Å². The molecule has 1 N–H and O–H groups in total. The summed E-state index contributed by atoms with van der Waals surface area (Å²) in [5.74, 6) is 0.617. The minimum Gasteiger partial charge on any atom is -0.475 e. The number of aryl methyl sites for hydroxylation is 1. The van der Waals surface area contributed by atoms with Crippen molar-refractivity contribution in [2.24, 2.45) is 5.92 Å². The van der Waals surface area contributed by atoms with Crippen LogP contribution in [0.2, 0.25) is 0 Å². The lowest BCUT2D eigenvalue weighted by Crippen LogP contribution is -2.03. The molecule has 19 heavy (non-hydrogen) atoms. The number of hydrogen-bond donors (Lipinski definition) is 1. The Morgan fingerprint density at radius 3 is 2.63 bits per heavy atom. The van der Waals surface area contributed by atoms with Crippen molar-refractivity contribution in [3.63, 3.8) is 0 Å². The van der Waals surface area contributed by atoms with Crippen molar-refractivity contribution in [3.05, 3.63) is 29.3 Å². The van der Waals surface area contributed by atoms with E-state index in [0.29, 0.717) is 23.8 Å². The zero-order valence-corrected chi connectivity index (χ0v) is 11.3. The number of hydrogen-bond acceptors (Lipinski definition) is 4. The number of furan rings is 1. The van der Waals surface area contributed by atoms with Gasteiger partial charge in [-0.1, -0.05) is 20.8 Å². The van der Waals surface area contributed by atoms with Gasteiger partial charge in [0, 0.05) is 6.42 Å². The van der Waals surface area contributed by atoms with Crippen molar-refractivity contribution in [2.45, 2.75) is 33.6 Å². The number of nitrogens with zero attached hydrogens (tertiary/aromatic N) is 1. The van der Waals surface area contributed by atoms with Crippen LogP contribution in [0.25, 0.3) is 11.7 Å². The van der Waals surface area contributed by atoms with E-state index in [4.69, 9.17) is 13.9 Å². The molecule has 5 heteroatoms. The standard InChI is InChI=1S/C14H17NO4/c1-4-9-5-6-11(18-9)13-15-10(7-8(2)3)12(19-13)14(16)17/h5-6,8H,4,7H2,1-3H3,(H,16,17). The predicted octanol–water partition coefficient (Wildman–Crippen LogP) is 3.39. The van der Waals surface area contributed by atoms with Crippen LogP contribution in [0.4, 0.5) is 0 Å². The first-order valence-corrected chi connectivity index (χ1v) is 6.33. The highest BCUT2D eigenvalue weighted by atomic mass is 16.4. The van der Waals surface area contributed by atoms with Crippen LogP contribution >= 0.6 is 0 Å². The number of aromatic nitrogens is 1. The van der Waals surface area contributed by atoms with Crippen molar-refractivity contribution < 1.29 is 18.7 Å². The molecular weight excluding hydrogens is 246 g/mol. The molecule has 2 rings (SSSR count). The Labute approximate surface area is 111 Å². The molecule has 2 heterocycles. The average Bonchev–Trinajstić information content (AvgIpc) is 2.93. The number of carbonyl (C=O) groups is 1. The van der Waals surface area contributed by atoms with Gasteiger partial charge in [0.15, 0.2) is 5.76 Å². The maximum absolute atomic E-state index is 11.1. The van der Waals surface area contributed by atoms with Crippen LogP contribution in [0.15, 0.2) is 21.0 Å². The second kappa shape index (κ2) is 5.30. The molecule has 102 valence electrons. The van der Waals surface area contributed by atoms with E-state index in [1.54, 1.807) is 6.07 Å². The first-order valence-electron chi connectivity index (χ1n) is 6.33. The van der Waals surface area contributed by atoms with Gasteiger partial charge in [-0.25, -0.2) is 9.78 Å². The lowest BCUT2D eigenvalue weighted by Gasteiger charge is -1.99. The van der Waals surface area contributed by atoms with Crippen LogP contribution in [-0.2, 0) is 12.8 Å². The van der Waals surface area contributed by atoms with Crippen molar-refractivity contribution in [1.82, 2.24) is 4.98 Å². The zero-order chi connectivity index (χ0) is 14.0. The number of rotatable bonds is 5. The Bertz CT molecular complexity index is 580. The highest BCUT2D eigenvalue weighted by Crippen LogP contribution is 2.25. The fraction of sp³-hybridized carbons (Fsp3) is 0.429. The lowest BCUT2D eigenvalue weighted by molar-refractivity contribution is 0.0661. The van der Waals surface area contributed by atoms with Gasteiger partial charge in [-0.05, 0) is 24.5 Å². The third-order valence-electron chi connectivity index (χ3n) is 2.71. The van der Waals surface area contributed by atoms with Gasteiger partial charge in [0.1, 0.15) is 5.76 Å². The zero-order valence-electron chi connectivity index (χ0n) is 11.3. The molecule has 0 saturated carbocycles. The summed E-state index contributed by atoms with van der Waals surface area (Å²) in [5, 5.41) is 9.13. The molecule has 5 nitrogen and oxygen atoms in total. The minimum atomic E-state index is -1.10. The van der Waals surface area contributed by atoms with Gasteiger partial charge in [0.05, 0.1) is 5.69 Å². The van der Waals surface area contributed by atoms with Gasteiger partial charge in [-0.2, -0.15) is 0 Å². The van der Waals surface area contributed by atoms with Crippen LogP contribution in [0.3, 0.4) is 0 Å². The summed E-state index contributed by atoms with van der Waals surface area (Å²) in [5.41, 5.74) is 0.465. The van der Waals surface area contributed by atoms with Gasteiger partial charge in [-0.15, -0.1) is 0 Å². The Balaban J connectivity index is 2.39. The highest BCUT2D eigenvalue weighted by molar-refractivity contribution is 5.86. The Morgan fingerprint density at radius 2 is 2.11 bits per heavy atom. The maximum Gasteiger partial charge on any atom is 0.373 e. The molecule has 0 spiro atoms. The lowest BCUT2D eigenvalue weighted by atomic mass is 10.1. The molecule has 0 atom stereocenters. The van der Waals surface area contributed by atoms with E-state index in [9.17, 15) is 4.79 Å². The molecule has 0 amide bonds. The van der Waals surface area contributed by atoms with Crippen molar-refractivity contribution in [3.8, 4) is 11.7 Å². The number of carboxylic acid groups (broad SMARTS) is 1. The van der Waals surface area contributed by atoms with Gasteiger partial charge in [0.25, 0.3) is 5.89 Å². The number of aromatic carboxylic acids is 1. The third kappa shape index (κ3) is 2.86. The molecular formula is C14H17NO4. The molecule has 2 aromatic rings. The summed E-state index contributed by atoms with van der Waals surface area (Å²) >= 11 is 0. The van der Waals surface area contributed by atoms with Crippen molar-refractivity contribution in [2.75, 3.05) is 0 Å². The molecule has 0 bridgehead atoms. The molecule has 0 aliphatic rings. The summed E-state index contributed by atoms with van der Waals surface area (Å²) in [6, 6.07) is 3.58. The maximum atomic E-state index is 11.1. The van der Waals surface area contributed by atoms with Gasteiger partial charge < -0.3 is 13.9 Å². The summed E-state index contributed by atoms with van der Waals surface area (Å²) < 4.78 is 10.8. The Hall–Kier alpha value is -2.04. The van der Waals surface area contributed by atoms with E-state index in [-0.39, 0.29) is 11.7 Å². The number of oxazole rings is 1. The Kier molecular flexibility index (Phi) is 3.74. The largest absolute Gasteiger partial charge is 0.475 e. The molecule has 0 radical (unpaired) electrons. The van der Waals surface area contributed by atoms with Gasteiger partial charge >= 0.3 is 5.97 Å². The summed E-state index contributed by atoms with van der Waals surface area (Å²) in [4.78, 5) is 15.4. The molecule has 0 saturated heterocycles. The molecule has 0 aliphatic heterocycles. The van der Waals surface area contributed by atoms with Crippen LogP contribution < -0.4 is 0 Å². The fourth-order valence-corrected chi connectivity index (χ4v) is 1.83. The second-order valence-electron chi connectivity index (χ2n) is 4.82. The third-order valence-corrected chi connectivity index (χ3v) is 2.71. The van der Waals surface area contributed by atoms with Crippen LogP contribution in [0, 0.1) is 5.92 Å². The second-order valence-corrected chi connectivity index (χ2v) is 4.82. The van der Waals surface area contributed by atoms with E-state index < -0.39 is 5.97 Å². The summed E-state index contributed by atoms with van der Waals surface area (Å²) in [6.45, 7) is 5.98. The SMILES string of the molecule is CCc1ccc(-c2nc(CC(C)C)c(C(=O)O)o2)o1. The quantitative estimate of drug-likeness (QED) is 0.894. The monoisotopic (exact) mass is 263 g/mol. The van der Waals surface area contributed by atoms with E-state index >= 15 is 0 Å². The molecule has 0 aromatic carbocycles. The fourth-order valence-electron chi connectivity index (χ4n) is 1.83. The minimum absolute atomic E-state index is 0.0989. The van der Waals surface area contributed by atoms with Crippen LogP contribution in [0.5, 0.6) is 0 Å². The van der Waals surface area contributed by atoms with Crippen LogP contribution in [-0.4, -0.2) is 16.1 Å². The summed E-state index contributed by atoms with van der Waals surface area (Å²) in [6.07, 6.45) is 1.33. The smallest absolute Gasteiger partial charge is 0.373 e. The summed E-state index contributed by atoms with van der Waals surface area (Å²) in [7, 11) is 0. The highest BCUT2D eigenvalue weighted by Gasteiger charge is 2.22. The van der Waals surface area contributed by atoms with Crippen LogP contribution in [0.1, 0.15) is 42.8 Å². The number of carboxylic acids is 1. The molecule has 2 aromatic heterocycles. The van der Waals surface area contributed by atoms with E-state index in [0.717, 1.165) is 12.2 Å². The van der Waals surface area contributed by atoms with E-state index in [2.05, 4.69) is 4.98 Å². The molecule has 0 fully saturated rings. The average molecular weight is 263 g/mol. The first-order chi connectivity index (χ1) is 9.01.